The highest BCUT2D eigenvalue weighted by atomic mass is 16.5. The first-order chi connectivity index (χ1) is 13.6. The lowest BCUT2D eigenvalue weighted by molar-refractivity contribution is 0.189. The smallest absolute Gasteiger partial charge is 0.322 e. The fraction of sp³-hybridized carbons (Fsp3) is 0.227. The maximum Gasteiger partial charge on any atom is 0.322 e. The number of hydrogen-bond donors (Lipinski definition) is 1. The van der Waals surface area contributed by atoms with Crippen molar-refractivity contribution in [1.29, 1.82) is 0 Å². The Labute approximate surface area is 164 Å². The van der Waals surface area contributed by atoms with E-state index in [0.29, 0.717) is 23.7 Å². The number of urea groups is 1. The Bertz CT molecular complexity index is 1010. The summed E-state index contributed by atoms with van der Waals surface area (Å²) in [7, 11) is 3.17. The molecule has 6 nitrogen and oxygen atoms in total. The van der Waals surface area contributed by atoms with Crippen molar-refractivity contribution in [2.24, 2.45) is 0 Å². The molecule has 2 amide bonds. The summed E-state index contributed by atoms with van der Waals surface area (Å²) in [5.74, 6) is 1.23. The standard InChI is InChI=1S/C22H23N3O3/c1-15-19-9-6-12-24(19)20-8-5-4-7-16(20)14-25(15)22(26)23-18-11-10-17(27-2)13-21(18)28-3/h4-13,15H,14H2,1-3H3,(H,23,26). The van der Waals surface area contributed by atoms with Crippen LogP contribution >= 0.6 is 0 Å². The van der Waals surface area contributed by atoms with E-state index < -0.39 is 0 Å². The van der Waals surface area contributed by atoms with Crippen molar-refractivity contribution in [2.45, 2.75) is 19.5 Å². The predicted molar refractivity (Wildman–Crippen MR) is 108 cm³/mol. The second kappa shape index (κ2) is 7.31. The highest BCUT2D eigenvalue weighted by Gasteiger charge is 2.29. The fourth-order valence-corrected chi connectivity index (χ4v) is 3.65. The molecule has 1 N–H and O–H groups in total. The highest BCUT2D eigenvalue weighted by molar-refractivity contribution is 5.91. The van der Waals surface area contributed by atoms with E-state index in [1.807, 2.05) is 36.2 Å². The van der Waals surface area contributed by atoms with E-state index in [9.17, 15) is 4.79 Å². The lowest BCUT2D eigenvalue weighted by atomic mass is 10.1. The van der Waals surface area contributed by atoms with Crippen molar-refractivity contribution >= 4 is 11.7 Å². The number of methoxy groups -OCH3 is 2. The number of rotatable bonds is 3. The second-order valence-corrected chi connectivity index (χ2v) is 6.73. The lowest BCUT2D eigenvalue weighted by Gasteiger charge is -2.28. The molecule has 1 aromatic heterocycles. The number of nitrogens with zero attached hydrogens (tertiary/aromatic N) is 2. The van der Waals surface area contributed by atoms with Crippen molar-refractivity contribution in [1.82, 2.24) is 9.47 Å². The summed E-state index contributed by atoms with van der Waals surface area (Å²) in [6.07, 6.45) is 2.04. The van der Waals surface area contributed by atoms with Gasteiger partial charge in [0.25, 0.3) is 0 Å². The van der Waals surface area contributed by atoms with Gasteiger partial charge in [0.2, 0.25) is 0 Å². The van der Waals surface area contributed by atoms with Crippen molar-refractivity contribution in [3.8, 4) is 17.2 Å². The number of ether oxygens (including phenoxy) is 2. The minimum absolute atomic E-state index is 0.0911. The zero-order valence-electron chi connectivity index (χ0n) is 16.2. The van der Waals surface area contributed by atoms with E-state index in [4.69, 9.17) is 9.47 Å². The van der Waals surface area contributed by atoms with Crippen LogP contribution in [0.15, 0.2) is 60.8 Å². The van der Waals surface area contributed by atoms with Gasteiger partial charge in [-0.3, -0.25) is 0 Å². The molecule has 1 atom stereocenters. The molecule has 0 saturated carbocycles. The largest absolute Gasteiger partial charge is 0.497 e. The minimum atomic E-state index is -0.180. The predicted octanol–water partition coefficient (Wildman–Crippen LogP) is 4.60. The number of carbonyl (C=O) groups is 1. The topological polar surface area (TPSA) is 55.7 Å². The summed E-state index contributed by atoms with van der Waals surface area (Å²) >= 11 is 0. The van der Waals surface area contributed by atoms with Crippen molar-refractivity contribution < 1.29 is 14.3 Å². The lowest BCUT2D eigenvalue weighted by Crippen LogP contribution is -2.36. The van der Waals surface area contributed by atoms with Crippen LogP contribution in [0.2, 0.25) is 0 Å². The van der Waals surface area contributed by atoms with Crippen LogP contribution in [-0.4, -0.2) is 29.7 Å². The Morgan fingerprint density at radius 2 is 1.89 bits per heavy atom. The number of nitrogens with one attached hydrogen (secondary N) is 1. The first kappa shape index (κ1) is 18.0. The molecular formula is C22H23N3O3. The Kier molecular flexibility index (Phi) is 4.69. The van der Waals surface area contributed by atoms with Gasteiger partial charge in [0.1, 0.15) is 11.5 Å². The molecule has 0 fully saturated rings. The molecule has 0 bridgehead atoms. The molecule has 4 rings (SSSR count). The summed E-state index contributed by atoms with van der Waals surface area (Å²) < 4.78 is 12.8. The Morgan fingerprint density at radius 3 is 2.68 bits per heavy atom. The minimum Gasteiger partial charge on any atom is -0.497 e. The summed E-state index contributed by atoms with van der Waals surface area (Å²) in [6, 6.07) is 17.3. The summed E-state index contributed by atoms with van der Waals surface area (Å²) in [6.45, 7) is 2.56. The number of para-hydroxylation sites is 1. The molecule has 1 aliphatic rings. The molecule has 1 unspecified atom stereocenters. The van der Waals surface area contributed by atoms with Crippen LogP contribution in [0.5, 0.6) is 11.5 Å². The third-order valence-electron chi connectivity index (χ3n) is 5.18. The normalized spacial score (nSPS) is 15.2. The number of fused-ring (bicyclic) bond motifs is 3. The van der Waals surface area contributed by atoms with Crippen LogP contribution < -0.4 is 14.8 Å². The Hall–Kier alpha value is -3.41. The molecule has 3 aromatic rings. The van der Waals surface area contributed by atoms with Crippen molar-refractivity contribution in [2.75, 3.05) is 19.5 Å². The van der Waals surface area contributed by atoms with Gasteiger partial charge < -0.3 is 24.3 Å². The zero-order chi connectivity index (χ0) is 19.7. The monoisotopic (exact) mass is 377 g/mol. The van der Waals surface area contributed by atoms with Gasteiger partial charge in [-0.15, -0.1) is 0 Å². The highest BCUT2D eigenvalue weighted by Crippen LogP contribution is 2.34. The molecule has 0 aliphatic carbocycles. The third-order valence-corrected chi connectivity index (χ3v) is 5.18. The van der Waals surface area contributed by atoms with E-state index in [1.54, 1.807) is 32.4 Å². The molecule has 0 radical (unpaired) electrons. The summed E-state index contributed by atoms with van der Waals surface area (Å²) in [5.41, 5.74) is 3.88. The molecule has 144 valence electrons. The van der Waals surface area contributed by atoms with Crippen LogP contribution in [0.1, 0.15) is 24.2 Å². The van der Waals surface area contributed by atoms with Crippen molar-refractivity contribution in [3.63, 3.8) is 0 Å². The molecular weight excluding hydrogens is 354 g/mol. The average molecular weight is 377 g/mol. The number of aromatic nitrogens is 1. The van der Waals surface area contributed by atoms with Crippen LogP contribution in [-0.2, 0) is 6.54 Å². The maximum absolute atomic E-state index is 13.2. The van der Waals surface area contributed by atoms with E-state index in [2.05, 4.69) is 28.1 Å². The first-order valence-electron chi connectivity index (χ1n) is 9.17. The Balaban J connectivity index is 1.67. The van der Waals surface area contributed by atoms with Gasteiger partial charge in [-0.05, 0) is 42.8 Å². The number of carbonyl (C=O) groups excluding carboxylic acids is 1. The molecule has 28 heavy (non-hydrogen) atoms. The molecule has 2 aromatic carbocycles. The van der Waals surface area contributed by atoms with Crippen LogP contribution in [0.25, 0.3) is 5.69 Å². The van der Waals surface area contributed by atoms with Gasteiger partial charge in [0, 0.05) is 18.0 Å². The molecule has 0 saturated heterocycles. The average Bonchev–Trinajstić information content (AvgIpc) is 3.17. The first-order valence-corrected chi connectivity index (χ1v) is 9.17. The second-order valence-electron chi connectivity index (χ2n) is 6.73. The molecule has 6 heteroatoms. The molecule has 2 heterocycles. The molecule has 1 aliphatic heterocycles. The quantitative estimate of drug-likeness (QED) is 0.726. The number of benzene rings is 2. The van der Waals surface area contributed by atoms with Gasteiger partial charge in [0.05, 0.1) is 38.2 Å². The number of amides is 2. The summed E-state index contributed by atoms with van der Waals surface area (Å²) in [4.78, 5) is 15.0. The van der Waals surface area contributed by atoms with E-state index in [1.165, 1.54) is 0 Å². The van der Waals surface area contributed by atoms with Gasteiger partial charge >= 0.3 is 6.03 Å². The van der Waals surface area contributed by atoms with Gasteiger partial charge in [-0.2, -0.15) is 0 Å². The number of hydrogen-bond acceptors (Lipinski definition) is 3. The third kappa shape index (κ3) is 3.07. The maximum atomic E-state index is 13.2. The molecule has 0 spiro atoms. The fourth-order valence-electron chi connectivity index (χ4n) is 3.65. The van der Waals surface area contributed by atoms with Gasteiger partial charge in [-0.25, -0.2) is 4.79 Å². The van der Waals surface area contributed by atoms with Crippen LogP contribution in [0.3, 0.4) is 0 Å². The van der Waals surface area contributed by atoms with Crippen LogP contribution in [0.4, 0.5) is 10.5 Å². The van der Waals surface area contributed by atoms with E-state index in [0.717, 1.165) is 16.9 Å². The summed E-state index contributed by atoms with van der Waals surface area (Å²) in [5, 5.41) is 2.99. The van der Waals surface area contributed by atoms with Crippen LogP contribution in [0, 0.1) is 0 Å². The van der Waals surface area contributed by atoms with Crippen molar-refractivity contribution in [3.05, 3.63) is 72.1 Å². The SMILES string of the molecule is COc1ccc(NC(=O)N2Cc3ccccc3-n3cccc3C2C)c(OC)c1. The van der Waals surface area contributed by atoms with Gasteiger partial charge in [-0.1, -0.05) is 18.2 Å². The van der Waals surface area contributed by atoms with Gasteiger partial charge in [0.15, 0.2) is 0 Å². The van der Waals surface area contributed by atoms with E-state index in [-0.39, 0.29) is 12.1 Å². The van der Waals surface area contributed by atoms with E-state index >= 15 is 0 Å². The zero-order valence-corrected chi connectivity index (χ0v) is 16.2. The Morgan fingerprint density at radius 1 is 1.07 bits per heavy atom. The number of anilines is 1.